The van der Waals surface area contributed by atoms with Gasteiger partial charge in [-0.05, 0) is 13.1 Å². The number of hydrogen-bond acceptors (Lipinski definition) is 7. The highest BCUT2D eigenvalue weighted by Crippen LogP contribution is 2.29. The highest BCUT2D eigenvalue weighted by Gasteiger charge is 2.55. The Morgan fingerprint density at radius 3 is 2.53 bits per heavy atom. The van der Waals surface area contributed by atoms with Gasteiger partial charge in [0.15, 0.2) is 0 Å². The Kier molecular flexibility index (Phi) is 4.36. The molecule has 1 fully saturated rings. The molecule has 0 aromatic rings. The van der Waals surface area contributed by atoms with E-state index < -0.39 is 42.5 Å². The lowest BCUT2D eigenvalue weighted by atomic mass is 9.88. The zero-order chi connectivity index (χ0) is 13.2. The SMILES string of the molecule is C=CC(=O)C1(O)O[C@H](CO)[C@@H](O)[C@H](O)[C@@H]1NC. The number of ketones is 1. The Labute approximate surface area is 98.3 Å². The van der Waals surface area contributed by atoms with Crippen molar-refractivity contribution < 1.29 is 30.0 Å². The molecule has 7 nitrogen and oxygen atoms in total. The van der Waals surface area contributed by atoms with Gasteiger partial charge in [0, 0.05) is 0 Å². The quantitative estimate of drug-likeness (QED) is 0.339. The first-order valence-electron chi connectivity index (χ1n) is 5.13. The number of ether oxygens (including phenoxy) is 1. The fraction of sp³-hybridized carbons (Fsp3) is 0.700. The van der Waals surface area contributed by atoms with Crippen LogP contribution in [0.25, 0.3) is 0 Å². The lowest BCUT2D eigenvalue weighted by molar-refractivity contribution is -0.299. The van der Waals surface area contributed by atoms with Crippen molar-refractivity contribution in [3.63, 3.8) is 0 Å². The number of rotatable bonds is 4. The molecular formula is C10H17NO6. The molecule has 5 N–H and O–H groups in total. The molecule has 0 amide bonds. The molecule has 0 radical (unpaired) electrons. The summed E-state index contributed by atoms with van der Waals surface area (Å²) in [5, 5.41) is 40.9. The maximum absolute atomic E-state index is 11.6. The average Bonchev–Trinajstić information content (AvgIpc) is 2.33. The van der Waals surface area contributed by atoms with Gasteiger partial charge in [-0.1, -0.05) is 6.58 Å². The minimum absolute atomic E-state index is 0.638. The largest absolute Gasteiger partial charge is 0.394 e. The van der Waals surface area contributed by atoms with Crippen molar-refractivity contribution in [3.8, 4) is 0 Å². The second kappa shape index (κ2) is 5.21. The van der Waals surface area contributed by atoms with Gasteiger partial charge in [0.05, 0.1) is 12.6 Å². The van der Waals surface area contributed by atoms with Gasteiger partial charge in [-0.2, -0.15) is 0 Å². The molecule has 17 heavy (non-hydrogen) atoms. The van der Waals surface area contributed by atoms with Gasteiger partial charge in [0.1, 0.15) is 18.3 Å². The summed E-state index contributed by atoms with van der Waals surface area (Å²) in [6.07, 6.45) is -3.26. The molecule has 98 valence electrons. The summed E-state index contributed by atoms with van der Waals surface area (Å²) in [6, 6.07) is -1.22. The van der Waals surface area contributed by atoms with E-state index in [9.17, 15) is 20.1 Å². The van der Waals surface area contributed by atoms with Crippen molar-refractivity contribution in [1.82, 2.24) is 5.32 Å². The lowest BCUT2D eigenvalue weighted by Crippen LogP contribution is -2.71. The maximum atomic E-state index is 11.6. The number of carbonyl (C=O) groups is 1. The van der Waals surface area contributed by atoms with E-state index in [1.54, 1.807) is 0 Å². The van der Waals surface area contributed by atoms with Crippen LogP contribution >= 0.6 is 0 Å². The fourth-order valence-electron chi connectivity index (χ4n) is 1.89. The van der Waals surface area contributed by atoms with Gasteiger partial charge in [-0.25, -0.2) is 0 Å². The molecule has 1 rings (SSSR count). The van der Waals surface area contributed by atoms with E-state index in [1.807, 2.05) is 0 Å². The van der Waals surface area contributed by atoms with E-state index in [4.69, 9.17) is 9.84 Å². The minimum Gasteiger partial charge on any atom is -0.394 e. The smallest absolute Gasteiger partial charge is 0.249 e. The van der Waals surface area contributed by atoms with E-state index in [1.165, 1.54) is 7.05 Å². The first-order valence-corrected chi connectivity index (χ1v) is 5.13. The molecule has 1 aliphatic rings. The third-order valence-corrected chi connectivity index (χ3v) is 2.85. The van der Waals surface area contributed by atoms with E-state index >= 15 is 0 Å². The highest BCUT2D eigenvalue weighted by atomic mass is 16.7. The van der Waals surface area contributed by atoms with Crippen LogP contribution in [0.2, 0.25) is 0 Å². The van der Waals surface area contributed by atoms with Gasteiger partial charge in [0.2, 0.25) is 11.6 Å². The van der Waals surface area contributed by atoms with Gasteiger partial charge in [0.25, 0.3) is 0 Å². The molecule has 1 saturated heterocycles. The number of aliphatic hydroxyl groups is 4. The third-order valence-electron chi connectivity index (χ3n) is 2.85. The summed E-state index contributed by atoms with van der Waals surface area (Å²) in [6.45, 7) is 2.58. The van der Waals surface area contributed by atoms with Gasteiger partial charge >= 0.3 is 0 Å². The van der Waals surface area contributed by atoms with Crippen LogP contribution in [0.15, 0.2) is 12.7 Å². The molecule has 1 aliphatic heterocycles. The second-order valence-corrected chi connectivity index (χ2v) is 3.85. The van der Waals surface area contributed by atoms with Crippen molar-refractivity contribution in [3.05, 3.63) is 12.7 Å². The Morgan fingerprint density at radius 1 is 1.53 bits per heavy atom. The molecule has 1 heterocycles. The molecule has 0 bridgehead atoms. The molecular weight excluding hydrogens is 230 g/mol. The molecule has 5 atom stereocenters. The van der Waals surface area contributed by atoms with Gasteiger partial charge in [-0.3, -0.25) is 4.79 Å². The first kappa shape index (κ1) is 14.2. The zero-order valence-electron chi connectivity index (χ0n) is 9.41. The van der Waals surface area contributed by atoms with Crippen LogP contribution in [0.4, 0.5) is 0 Å². The average molecular weight is 247 g/mol. The summed E-state index contributed by atoms with van der Waals surface area (Å²) < 4.78 is 4.97. The van der Waals surface area contributed by atoms with Crippen molar-refractivity contribution in [2.45, 2.75) is 30.1 Å². The minimum atomic E-state index is -2.36. The van der Waals surface area contributed by atoms with Crippen LogP contribution in [-0.2, 0) is 9.53 Å². The molecule has 0 aliphatic carbocycles. The molecule has 0 aromatic carbocycles. The highest BCUT2D eigenvalue weighted by molar-refractivity contribution is 5.96. The zero-order valence-corrected chi connectivity index (χ0v) is 9.41. The number of aliphatic hydroxyl groups excluding tert-OH is 3. The monoisotopic (exact) mass is 247 g/mol. The molecule has 1 unspecified atom stereocenters. The van der Waals surface area contributed by atoms with Crippen LogP contribution in [0.3, 0.4) is 0 Å². The van der Waals surface area contributed by atoms with Crippen LogP contribution in [0.5, 0.6) is 0 Å². The van der Waals surface area contributed by atoms with Crippen molar-refractivity contribution in [1.29, 1.82) is 0 Å². The summed E-state index contributed by atoms with van der Waals surface area (Å²) in [7, 11) is 1.39. The van der Waals surface area contributed by atoms with Crippen molar-refractivity contribution in [2.24, 2.45) is 0 Å². The Balaban J connectivity index is 3.09. The van der Waals surface area contributed by atoms with Crippen molar-refractivity contribution in [2.75, 3.05) is 13.7 Å². The lowest BCUT2D eigenvalue weighted by Gasteiger charge is -2.46. The number of likely N-dealkylation sites (N-methyl/N-ethyl adjacent to an activating group) is 1. The fourth-order valence-corrected chi connectivity index (χ4v) is 1.89. The van der Waals surface area contributed by atoms with E-state index in [0.29, 0.717) is 0 Å². The normalized spacial score (nSPS) is 42.2. The van der Waals surface area contributed by atoms with E-state index in [2.05, 4.69) is 11.9 Å². The number of carbonyl (C=O) groups excluding carboxylic acids is 1. The third kappa shape index (κ3) is 2.25. The Bertz CT molecular complexity index is 309. The molecule has 0 saturated carbocycles. The topological polar surface area (TPSA) is 119 Å². The second-order valence-electron chi connectivity index (χ2n) is 3.85. The summed E-state index contributed by atoms with van der Waals surface area (Å²) >= 11 is 0. The van der Waals surface area contributed by atoms with Crippen LogP contribution in [0.1, 0.15) is 0 Å². The Hall–Kier alpha value is -0.830. The van der Waals surface area contributed by atoms with Crippen LogP contribution < -0.4 is 5.32 Å². The maximum Gasteiger partial charge on any atom is 0.249 e. The predicted octanol–water partition coefficient (Wildman–Crippen LogP) is -2.87. The predicted molar refractivity (Wildman–Crippen MR) is 57.0 cm³/mol. The van der Waals surface area contributed by atoms with E-state index in [-0.39, 0.29) is 0 Å². The summed E-state index contributed by atoms with van der Waals surface area (Å²) in [4.78, 5) is 11.6. The standard InChI is InChI=1S/C10H17NO6/c1-3-6(13)10(16)9(11-2)8(15)7(14)5(4-12)17-10/h3,5,7-9,11-12,14-16H,1,4H2,2H3/t5-,7-,8+,9+,10?/m1/s1. The van der Waals surface area contributed by atoms with Crippen molar-refractivity contribution >= 4 is 5.78 Å². The van der Waals surface area contributed by atoms with Crippen LogP contribution in [-0.4, -0.2) is 70.0 Å². The summed E-state index contributed by atoms with van der Waals surface area (Å²) in [5.74, 6) is -3.22. The van der Waals surface area contributed by atoms with E-state index in [0.717, 1.165) is 6.08 Å². The number of hydrogen-bond donors (Lipinski definition) is 5. The Morgan fingerprint density at radius 2 is 2.12 bits per heavy atom. The van der Waals surface area contributed by atoms with Gasteiger partial charge in [-0.15, -0.1) is 0 Å². The van der Waals surface area contributed by atoms with Gasteiger partial charge < -0.3 is 30.5 Å². The first-order chi connectivity index (χ1) is 7.92. The van der Waals surface area contributed by atoms with Crippen LogP contribution in [0, 0.1) is 0 Å². The molecule has 0 aromatic heterocycles. The summed E-state index contributed by atoms with van der Waals surface area (Å²) in [5.41, 5.74) is 0. The molecule has 0 spiro atoms. The molecule has 7 heteroatoms. The number of nitrogens with one attached hydrogen (secondary N) is 1.